The van der Waals surface area contributed by atoms with Crippen LogP contribution in [0.2, 0.25) is 0 Å². The summed E-state index contributed by atoms with van der Waals surface area (Å²) in [4.78, 5) is 2.53. The molecule has 2 fully saturated rings. The highest BCUT2D eigenvalue weighted by Gasteiger charge is 2.43. The largest absolute Gasteiger partial charge is 0.297 e. The van der Waals surface area contributed by atoms with Crippen LogP contribution in [0.3, 0.4) is 0 Å². The summed E-state index contributed by atoms with van der Waals surface area (Å²) >= 11 is 0. The van der Waals surface area contributed by atoms with Crippen molar-refractivity contribution in [3.8, 4) is 0 Å². The van der Waals surface area contributed by atoms with Gasteiger partial charge in [0.25, 0.3) is 0 Å². The van der Waals surface area contributed by atoms with Gasteiger partial charge in [-0.05, 0) is 70.4 Å². The Morgan fingerprint density at radius 1 is 1.21 bits per heavy atom. The zero-order valence-corrected chi connectivity index (χ0v) is 13.3. The first-order valence-electron chi connectivity index (χ1n) is 8.24. The second-order valence-corrected chi connectivity index (χ2v) is 7.22. The number of hydrogen-bond donors (Lipinski definition) is 2. The Morgan fingerprint density at radius 2 is 1.89 bits per heavy atom. The molecule has 0 aromatic heterocycles. The highest BCUT2D eigenvalue weighted by molar-refractivity contribution is 4.97. The molecule has 0 aromatic carbocycles. The minimum absolute atomic E-state index is 0.139. The third kappa shape index (κ3) is 2.98. The predicted molar refractivity (Wildman–Crippen MR) is 81.7 cm³/mol. The number of rotatable bonds is 7. The third-order valence-electron chi connectivity index (χ3n) is 6.06. The molecule has 3 nitrogen and oxygen atoms in total. The number of likely N-dealkylation sites (N-methyl/N-ethyl adjacent to an activating group) is 1. The monoisotopic (exact) mass is 267 g/mol. The topological polar surface area (TPSA) is 41.3 Å². The second-order valence-electron chi connectivity index (χ2n) is 7.22. The Kier molecular flexibility index (Phi) is 4.91. The van der Waals surface area contributed by atoms with Crippen molar-refractivity contribution >= 4 is 0 Å². The van der Waals surface area contributed by atoms with Crippen LogP contribution in [0.4, 0.5) is 0 Å². The predicted octanol–water partition coefficient (Wildman–Crippen LogP) is 2.76. The molecule has 0 spiro atoms. The molecule has 4 unspecified atom stereocenters. The Morgan fingerprint density at radius 3 is 2.32 bits per heavy atom. The molecule has 2 aliphatic carbocycles. The van der Waals surface area contributed by atoms with Crippen LogP contribution in [0.5, 0.6) is 0 Å². The van der Waals surface area contributed by atoms with E-state index in [1.807, 2.05) is 0 Å². The minimum atomic E-state index is 0.139. The quantitative estimate of drug-likeness (QED) is 0.550. The number of nitrogens with two attached hydrogens (primary N) is 1. The maximum atomic E-state index is 5.91. The Labute approximate surface area is 119 Å². The van der Waals surface area contributed by atoms with Gasteiger partial charge in [-0.2, -0.15) is 0 Å². The molecular formula is C16H33N3. The van der Waals surface area contributed by atoms with E-state index < -0.39 is 0 Å². The summed E-state index contributed by atoms with van der Waals surface area (Å²) in [6.07, 6.45) is 7.16. The van der Waals surface area contributed by atoms with Gasteiger partial charge in [-0.25, -0.2) is 0 Å². The van der Waals surface area contributed by atoms with E-state index in [1.165, 1.54) is 32.1 Å². The van der Waals surface area contributed by atoms with Gasteiger partial charge >= 0.3 is 0 Å². The molecule has 0 aromatic rings. The van der Waals surface area contributed by atoms with Gasteiger partial charge in [0, 0.05) is 11.6 Å². The molecule has 19 heavy (non-hydrogen) atoms. The standard InChI is InChI=1S/C16H33N3/c1-5-19(6-2)16(3,4)15(18-17)11-14-10-12-7-8-13(14)9-12/h12-15,18H,5-11,17H2,1-4H3. The molecule has 2 aliphatic rings. The van der Waals surface area contributed by atoms with Crippen molar-refractivity contribution in [1.82, 2.24) is 10.3 Å². The smallest absolute Gasteiger partial charge is 0.0392 e. The van der Waals surface area contributed by atoms with Crippen LogP contribution in [-0.4, -0.2) is 29.6 Å². The van der Waals surface area contributed by atoms with E-state index in [1.54, 1.807) is 0 Å². The first-order chi connectivity index (χ1) is 9.02. The average molecular weight is 267 g/mol. The van der Waals surface area contributed by atoms with Crippen LogP contribution in [0.25, 0.3) is 0 Å². The molecule has 0 heterocycles. The average Bonchev–Trinajstić information content (AvgIpc) is 2.98. The van der Waals surface area contributed by atoms with Crippen molar-refractivity contribution < 1.29 is 0 Å². The van der Waals surface area contributed by atoms with Crippen LogP contribution in [-0.2, 0) is 0 Å². The maximum absolute atomic E-state index is 5.91. The molecule has 0 amide bonds. The first kappa shape index (κ1) is 15.3. The lowest BCUT2D eigenvalue weighted by Crippen LogP contribution is -2.60. The summed E-state index contributed by atoms with van der Waals surface area (Å²) < 4.78 is 0. The van der Waals surface area contributed by atoms with Gasteiger partial charge in [0.05, 0.1) is 0 Å². The zero-order chi connectivity index (χ0) is 14.0. The summed E-state index contributed by atoms with van der Waals surface area (Å²) in [5.41, 5.74) is 3.28. The second kappa shape index (κ2) is 6.11. The molecule has 3 N–H and O–H groups in total. The summed E-state index contributed by atoms with van der Waals surface area (Å²) in [5.74, 6) is 8.84. The molecule has 2 saturated carbocycles. The van der Waals surface area contributed by atoms with Crippen molar-refractivity contribution in [2.45, 2.75) is 71.4 Å². The van der Waals surface area contributed by atoms with Crippen molar-refractivity contribution in [1.29, 1.82) is 0 Å². The molecule has 4 atom stereocenters. The molecule has 3 heteroatoms. The normalized spacial score (nSPS) is 32.2. The fourth-order valence-corrected chi connectivity index (χ4v) is 4.79. The number of fused-ring (bicyclic) bond motifs is 2. The van der Waals surface area contributed by atoms with Gasteiger partial charge in [0.15, 0.2) is 0 Å². The third-order valence-corrected chi connectivity index (χ3v) is 6.06. The number of nitrogens with one attached hydrogen (secondary N) is 1. The highest BCUT2D eigenvalue weighted by Crippen LogP contribution is 2.50. The van der Waals surface area contributed by atoms with Gasteiger partial charge < -0.3 is 0 Å². The number of hydrogen-bond acceptors (Lipinski definition) is 3. The molecule has 112 valence electrons. The minimum Gasteiger partial charge on any atom is -0.297 e. The molecule has 0 radical (unpaired) electrons. The van der Waals surface area contributed by atoms with E-state index >= 15 is 0 Å². The molecule has 2 bridgehead atoms. The van der Waals surface area contributed by atoms with Crippen molar-refractivity contribution in [2.75, 3.05) is 13.1 Å². The van der Waals surface area contributed by atoms with Gasteiger partial charge in [-0.1, -0.05) is 20.3 Å². The highest BCUT2D eigenvalue weighted by atomic mass is 15.3. The van der Waals surface area contributed by atoms with E-state index in [-0.39, 0.29) is 5.54 Å². The van der Waals surface area contributed by atoms with E-state index in [2.05, 4.69) is 38.0 Å². The summed E-state index contributed by atoms with van der Waals surface area (Å²) in [6.45, 7) is 11.4. The van der Waals surface area contributed by atoms with Gasteiger partial charge in [-0.3, -0.25) is 16.2 Å². The van der Waals surface area contributed by atoms with Gasteiger partial charge in [-0.15, -0.1) is 0 Å². The van der Waals surface area contributed by atoms with E-state index in [0.29, 0.717) is 6.04 Å². The van der Waals surface area contributed by atoms with Gasteiger partial charge in [0.1, 0.15) is 0 Å². The lowest BCUT2D eigenvalue weighted by molar-refractivity contribution is 0.0744. The lowest BCUT2D eigenvalue weighted by Gasteiger charge is -2.44. The van der Waals surface area contributed by atoms with Crippen molar-refractivity contribution in [3.05, 3.63) is 0 Å². The van der Waals surface area contributed by atoms with Crippen LogP contribution in [0.1, 0.15) is 59.8 Å². The van der Waals surface area contributed by atoms with E-state index in [0.717, 1.165) is 30.8 Å². The molecule has 0 aliphatic heterocycles. The fourth-order valence-electron chi connectivity index (χ4n) is 4.79. The van der Waals surface area contributed by atoms with Crippen LogP contribution in [0, 0.1) is 17.8 Å². The lowest BCUT2D eigenvalue weighted by atomic mass is 9.79. The SMILES string of the molecule is CCN(CC)C(C)(C)C(CC1CC2CCC1C2)NN. The Balaban J connectivity index is 1.99. The Hall–Kier alpha value is -0.120. The molecule has 2 rings (SSSR count). The summed E-state index contributed by atoms with van der Waals surface area (Å²) in [6, 6.07) is 0.400. The maximum Gasteiger partial charge on any atom is 0.0392 e. The Bertz CT molecular complexity index is 286. The van der Waals surface area contributed by atoms with Crippen molar-refractivity contribution in [3.63, 3.8) is 0 Å². The van der Waals surface area contributed by atoms with Gasteiger partial charge in [0.2, 0.25) is 0 Å². The first-order valence-corrected chi connectivity index (χ1v) is 8.24. The van der Waals surface area contributed by atoms with Crippen LogP contribution >= 0.6 is 0 Å². The fraction of sp³-hybridized carbons (Fsp3) is 1.00. The molecule has 0 saturated heterocycles. The van der Waals surface area contributed by atoms with E-state index in [9.17, 15) is 0 Å². The zero-order valence-electron chi connectivity index (χ0n) is 13.3. The summed E-state index contributed by atoms with van der Waals surface area (Å²) in [5, 5.41) is 0. The van der Waals surface area contributed by atoms with Crippen LogP contribution < -0.4 is 11.3 Å². The van der Waals surface area contributed by atoms with Crippen LogP contribution in [0.15, 0.2) is 0 Å². The molecular weight excluding hydrogens is 234 g/mol. The van der Waals surface area contributed by atoms with E-state index in [4.69, 9.17) is 5.84 Å². The number of nitrogens with zero attached hydrogens (tertiary/aromatic N) is 1. The number of hydrazine groups is 1. The summed E-state index contributed by atoms with van der Waals surface area (Å²) in [7, 11) is 0. The van der Waals surface area contributed by atoms with Crippen molar-refractivity contribution in [2.24, 2.45) is 23.6 Å².